The van der Waals surface area contributed by atoms with E-state index >= 15 is 0 Å². The molecule has 5 nitrogen and oxygen atoms in total. The van der Waals surface area contributed by atoms with Crippen LogP contribution in [-0.4, -0.2) is 28.6 Å². The van der Waals surface area contributed by atoms with Crippen LogP contribution in [0, 0.1) is 6.92 Å². The molecule has 1 aromatic rings. The second kappa shape index (κ2) is 4.47. The first kappa shape index (κ1) is 12.4. The first-order chi connectivity index (χ1) is 7.33. The van der Waals surface area contributed by atoms with Gasteiger partial charge in [-0.1, -0.05) is 0 Å². The summed E-state index contributed by atoms with van der Waals surface area (Å²) in [6.07, 6.45) is 1.35. The molecule has 5 heteroatoms. The summed E-state index contributed by atoms with van der Waals surface area (Å²) >= 11 is 0. The molecule has 88 valence electrons. The summed E-state index contributed by atoms with van der Waals surface area (Å²) in [5.74, 6) is -0.0712. The Bertz CT molecular complexity index is 397. The molecule has 0 N–H and O–H groups in total. The van der Waals surface area contributed by atoms with Gasteiger partial charge in [-0.3, -0.25) is 0 Å². The highest BCUT2D eigenvalue weighted by Gasteiger charge is 2.19. The second-order valence-corrected chi connectivity index (χ2v) is 4.35. The summed E-state index contributed by atoms with van der Waals surface area (Å²) in [5.41, 5.74) is 0.214. The van der Waals surface area contributed by atoms with Crippen molar-refractivity contribution >= 4 is 5.97 Å². The summed E-state index contributed by atoms with van der Waals surface area (Å²) in [6.45, 7) is 7.12. The van der Waals surface area contributed by atoms with E-state index in [-0.39, 0.29) is 5.69 Å². The van der Waals surface area contributed by atoms with E-state index < -0.39 is 11.6 Å². The molecule has 0 fully saturated rings. The highest BCUT2D eigenvalue weighted by molar-refractivity contribution is 5.87. The highest BCUT2D eigenvalue weighted by atomic mass is 16.6. The monoisotopic (exact) mass is 224 g/mol. The van der Waals surface area contributed by atoms with Crippen LogP contribution in [0.15, 0.2) is 6.20 Å². The lowest BCUT2D eigenvalue weighted by molar-refractivity contribution is 0.00619. The predicted octanol–water partition coefficient (Wildman–Crippen LogP) is 1.75. The number of aryl methyl sites for hydroxylation is 1. The van der Waals surface area contributed by atoms with Crippen molar-refractivity contribution in [1.82, 2.24) is 9.97 Å². The molecule has 1 heterocycles. The number of rotatable bonds is 2. The lowest BCUT2D eigenvalue weighted by Gasteiger charge is -2.19. The zero-order valence-corrected chi connectivity index (χ0v) is 10.2. The molecular weight excluding hydrogens is 208 g/mol. The van der Waals surface area contributed by atoms with Gasteiger partial charge < -0.3 is 9.47 Å². The van der Waals surface area contributed by atoms with Gasteiger partial charge in [0.15, 0.2) is 5.69 Å². The standard InChI is InChI=1S/C11H16N2O3/c1-7-9(15-5)12-6-8(13-7)10(14)16-11(2,3)4/h6H,1-5H3. The Morgan fingerprint density at radius 3 is 2.44 bits per heavy atom. The van der Waals surface area contributed by atoms with Crippen molar-refractivity contribution in [2.24, 2.45) is 0 Å². The van der Waals surface area contributed by atoms with Crippen LogP contribution < -0.4 is 4.74 Å². The van der Waals surface area contributed by atoms with E-state index in [2.05, 4.69) is 9.97 Å². The maximum absolute atomic E-state index is 11.6. The van der Waals surface area contributed by atoms with Crippen LogP contribution in [0.1, 0.15) is 37.0 Å². The van der Waals surface area contributed by atoms with E-state index in [9.17, 15) is 4.79 Å². The zero-order valence-electron chi connectivity index (χ0n) is 10.2. The number of ether oxygens (including phenoxy) is 2. The SMILES string of the molecule is COc1ncc(C(=O)OC(C)(C)C)nc1C. The third-order valence-electron chi connectivity index (χ3n) is 1.70. The molecule has 0 aromatic carbocycles. The van der Waals surface area contributed by atoms with Crippen LogP contribution in [0.3, 0.4) is 0 Å². The normalized spacial score (nSPS) is 11.1. The molecule has 1 rings (SSSR count). The van der Waals surface area contributed by atoms with Gasteiger partial charge >= 0.3 is 5.97 Å². The van der Waals surface area contributed by atoms with Gasteiger partial charge in [0.25, 0.3) is 0 Å². The van der Waals surface area contributed by atoms with E-state index in [1.54, 1.807) is 27.7 Å². The van der Waals surface area contributed by atoms with E-state index in [1.165, 1.54) is 13.3 Å². The number of nitrogens with zero attached hydrogens (tertiary/aromatic N) is 2. The van der Waals surface area contributed by atoms with Crippen molar-refractivity contribution < 1.29 is 14.3 Å². The molecule has 0 bridgehead atoms. The molecule has 0 aliphatic carbocycles. The predicted molar refractivity (Wildman–Crippen MR) is 58.5 cm³/mol. The van der Waals surface area contributed by atoms with E-state index in [0.29, 0.717) is 11.6 Å². The Labute approximate surface area is 94.8 Å². The molecule has 0 atom stereocenters. The quantitative estimate of drug-likeness (QED) is 0.716. The van der Waals surface area contributed by atoms with Gasteiger partial charge in [0.1, 0.15) is 11.3 Å². The molecule has 1 aromatic heterocycles. The topological polar surface area (TPSA) is 61.3 Å². The fourth-order valence-electron chi connectivity index (χ4n) is 1.10. The third kappa shape index (κ3) is 3.18. The second-order valence-electron chi connectivity index (χ2n) is 4.35. The smallest absolute Gasteiger partial charge is 0.359 e. The number of methoxy groups -OCH3 is 1. The maximum atomic E-state index is 11.6. The van der Waals surface area contributed by atoms with Crippen LogP contribution in [-0.2, 0) is 4.74 Å². The van der Waals surface area contributed by atoms with Gasteiger partial charge in [0.2, 0.25) is 5.88 Å². The number of carbonyl (C=O) groups excluding carboxylic acids is 1. The highest BCUT2D eigenvalue weighted by Crippen LogP contribution is 2.14. The molecule has 0 aliphatic rings. The van der Waals surface area contributed by atoms with Gasteiger partial charge in [0.05, 0.1) is 13.3 Å². The fourth-order valence-corrected chi connectivity index (χ4v) is 1.10. The van der Waals surface area contributed by atoms with Crippen molar-refractivity contribution in [2.75, 3.05) is 7.11 Å². The molecule has 0 saturated carbocycles. The summed E-state index contributed by atoms with van der Waals surface area (Å²) < 4.78 is 10.1. The number of hydrogen-bond acceptors (Lipinski definition) is 5. The summed E-state index contributed by atoms with van der Waals surface area (Å²) in [5, 5.41) is 0. The average Bonchev–Trinajstić information content (AvgIpc) is 2.15. The van der Waals surface area contributed by atoms with E-state index in [0.717, 1.165) is 0 Å². The van der Waals surface area contributed by atoms with Crippen LogP contribution in [0.5, 0.6) is 5.88 Å². The van der Waals surface area contributed by atoms with Gasteiger partial charge in [-0.25, -0.2) is 14.8 Å². The first-order valence-electron chi connectivity index (χ1n) is 4.94. The third-order valence-corrected chi connectivity index (χ3v) is 1.70. The van der Waals surface area contributed by atoms with E-state index in [1.807, 2.05) is 0 Å². The Kier molecular flexibility index (Phi) is 3.47. The van der Waals surface area contributed by atoms with Crippen molar-refractivity contribution in [3.05, 3.63) is 17.6 Å². The molecule has 0 radical (unpaired) electrons. The Hall–Kier alpha value is -1.65. The molecule has 0 saturated heterocycles. The molecule has 0 aliphatic heterocycles. The van der Waals surface area contributed by atoms with Crippen LogP contribution in [0.25, 0.3) is 0 Å². The lowest BCUT2D eigenvalue weighted by Crippen LogP contribution is -2.24. The average molecular weight is 224 g/mol. The number of carbonyl (C=O) groups is 1. The van der Waals surface area contributed by atoms with Gasteiger partial charge in [-0.15, -0.1) is 0 Å². The van der Waals surface area contributed by atoms with Gasteiger partial charge in [-0.05, 0) is 27.7 Å². The van der Waals surface area contributed by atoms with Gasteiger partial charge in [-0.2, -0.15) is 0 Å². The van der Waals surface area contributed by atoms with Crippen molar-refractivity contribution in [3.63, 3.8) is 0 Å². The summed E-state index contributed by atoms with van der Waals surface area (Å²) in [4.78, 5) is 19.7. The Balaban J connectivity index is 2.89. The first-order valence-corrected chi connectivity index (χ1v) is 4.94. The van der Waals surface area contributed by atoms with Gasteiger partial charge in [0, 0.05) is 0 Å². The number of esters is 1. The van der Waals surface area contributed by atoms with Crippen LogP contribution >= 0.6 is 0 Å². The Morgan fingerprint density at radius 2 is 2.00 bits per heavy atom. The fraction of sp³-hybridized carbons (Fsp3) is 0.545. The molecule has 16 heavy (non-hydrogen) atoms. The summed E-state index contributed by atoms with van der Waals surface area (Å²) in [7, 11) is 1.50. The molecular formula is C11H16N2O3. The number of hydrogen-bond donors (Lipinski definition) is 0. The van der Waals surface area contributed by atoms with Crippen molar-refractivity contribution in [3.8, 4) is 5.88 Å². The zero-order chi connectivity index (χ0) is 12.3. The minimum atomic E-state index is -0.535. The van der Waals surface area contributed by atoms with Crippen LogP contribution in [0.2, 0.25) is 0 Å². The maximum Gasteiger partial charge on any atom is 0.359 e. The number of aromatic nitrogens is 2. The van der Waals surface area contributed by atoms with E-state index in [4.69, 9.17) is 9.47 Å². The minimum absolute atomic E-state index is 0.188. The van der Waals surface area contributed by atoms with Crippen LogP contribution in [0.4, 0.5) is 0 Å². The summed E-state index contributed by atoms with van der Waals surface area (Å²) in [6, 6.07) is 0. The largest absolute Gasteiger partial charge is 0.480 e. The van der Waals surface area contributed by atoms with Crippen molar-refractivity contribution in [1.29, 1.82) is 0 Å². The molecule has 0 spiro atoms. The lowest BCUT2D eigenvalue weighted by atomic mass is 10.2. The minimum Gasteiger partial charge on any atom is -0.480 e. The molecule has 0 amide bonds. The van der Waals surface area contributed by atoms with Crippen molar-refractivity contribution in [2.45, 2.75) is 33.3 Å². The molecule has 0 unspecified atom stereocenters. The Morgan fingerprint density at radius 1 is 1.38 bits per heavy atom.